The smallest absolute Gasteiger partial charge is 0.371 e. The van der Waals surface area contributed by atoms with E-state index in [2.05, 4.69) is 0 Å². The molecule has 0 spiro atoms. The number of anilines is 1. The van der Waals surface area contributed by atoms with Gasteiger partial charge in [-0.1, -0.05) is 6.07 Å². The maximum Gasteiger partial charge on any atom is 0.371 e. The first-order valence-electron chi connectivity index (χ1n) is 6.40. The summed E-state index contributed by atoms with van der Waals surface area (Å²) in [7, 11) is 0. The van der Waals surface area contributed by atoms with E-state index in [1.165, 1.54) is 18.2 Å². The molecule has 0 fully saturated rings. The molecule has 1 aromatic heterocycles. The van der Waals surface area contributed by atoms with Gasteiger partial charge >= 0.3 is 5.97 Å². The van der Waals surface area contributed by atoms with E-state index in [1.54, 1.807) is 13.0 Å². The van der Waals surface area contributed by atoms with Crippen molar-refractivity contribution in [3.05, 3.63) is 52.7 Å². The first-order valence-corrected chi connectivity index (χ1v) is 6.40. The summed E-state index contributed by atoms with van der Waals surface area (Å²) in [6, 6.07) is 6.33. The second-order valence-corrected chi connectivity index (χ2v) is 4.94. The van der Waals surface area contributed by atoms with Crippen molar-refractivity contribution >= 4 is 11.7 Å². The van der Waals surface area contributed by atoms with E-state index in [-0.39, 0.29) is 11.6 Å². The van der Waals surface area contributed by atoms with E-state index < -0.39 is 5.97 Å². The lowest BCUT2D eigenvalue weighted by Gasteiger charge is -2.18. The normalized spacial score (nSPS) is 13.6. The van der Waals surface area contributed by atoms with Gasteiger partial charge in [0.1, 0.15) is 11.6 Å². The van der Waals surface area contributed by atoms with Crippen LogP contribution >= 0.6 is 0 Å². The molecule has 0 saturated carbocycles. The van der Waals surface area contributed by atoms with E-state index >= 15 is 0 Å². The zero-order valence-corrected chi connectivity index (χ0v) is 11.0. The number of fused-ring (bicyclic) bond motifs is 1. The Bertz CT molecular complexity index is 678. The Morgan fingerprint density at radius 2 is 2.25 bits per heavy atom. The summed E-state index contributed by atoms with van der Waals surface area (Å²) in [4.78, 5) is 12.9. The summed E-state index contributed by atoms with van der Waals surface area (Å²) in [5.41, 5.74) is 2.81. The van der Waals surface area contributed by atoms with Crippen molar-refractivity contribution in [2.75, 3.05) is 11.4 Å². The summed E-state index contributed by atoms with van der Waals surface area (Å²) in [6.45, 7) is 3.06. The third kappa shape index (κ3) is 2.15. The van der Waals surface area contributed by atoms with E-state index in [0.29, 0.717) is 12.3 Å². The molecule has 3 rings (SSSR count). The molecular weight excluding hydrogens is 261 g/mol. The van der Waals surface area contributed by atoms with Crippen LogP contribution in [-0.2, 0) is 13.0 Å². The zero-order chi connectivity index (χ0) is 14.3. The van der Waals surface area contributed by atoms with Crippen molar-refractivity contribution in [2.24, 2.45) is 0 Å². The fraction of sp³-hybridized carbons (Fsp3) is 0.267. The Morgan fingerprint density at radius 3 is 2.95 bits per heavy atom. The minimum atomic E-state index is -1.08. The maximum absolute atomic E-state index is 13.3. The molecule has 0 radical (unpaired) electrons. The monoisotopic (exact) mass is 275 g/mol. The molecule has 1 aliphatic rings. The van der Waals surface area contributed by atoms with Crippen LogP contribution in [0.15, 0.2) is 28.7 Å². The van der Waals surface area contributed by atoms with Gasteiger partial charge in [0.2, 0.25) is 5.76 Å². The number of aromatic carboxylic acids is 1. The Balaban J connectivity index is 1.87. The second-order valence-electron chi connectivity index (χ2n) is 4.94. The highest BCUT2D eigenvalue weighted by Crippen LogP contribution is 2.31. The van der Waals surface area contributed by atoms with Gasteiger partial charge in [-0.25, -0.2) is 9.18 Å². The van der Waals surface area contributed by atoms with Crippen molar-refractivity contribution in [1.82, 2.24) is 0 Å². The van der Waals surface area contributed by atoms with E-state index in [1.807, 2.05) is 4.90 Å². The average Bonchev–Trinajstić information content (AvgIpc) is 2.95. The summed E-state index contributed by atoms with van der Waals surface area (Å²) in [5.74, 6) is -0.804. The van der Waals surface area contributed by atoms with Gasteiger partial charge in [0.05, 0.1) is 0 Å². The summed E-state index contributed by atoms with van der Waals surface area (Å²) in [5, 5.41) is 8.92. The predicted octanol–water partition coefficient (Wildman–Crippen LogP) is 2.99. The molecule has 5 heteroatoms. The third-order valence-electron chi connectivity index (χ3n) is 3.63. The SMILES string of the molecule is Cc1oc(C(=O)O)cc1CN1CCc2ccc(F)cc21. The molecule has 0 bridgehead atoms. The third-order valence-corrected chi connectivity index (χ3v) is 3.63. The van der Waals surface area contributed by atoms with Crippen molar-refractivity contribution in [2.45, 2.75) is 19.9 Å². The average molecular weight is 275 g/mol. The molecule has 4 nitrogen and oxygen atoms in total. The molecule has 0 atom stereocenters. The number of carbonyl (C=O) groups is 1. The number of carboxylic acids is 1. The van der Waals surface area contributed by atoms with Crippen LogP contribution in [0.3, 0.4) is 0 Å². The molecule has 1 N–H and O–H groups in total. The fourth-order valence-electron chi connectivity index (χ4n) is 2.57. The summed E-state index contributed by atoms with van der Waals surface area (Å²) < 4.78 is 18.5. The van der Waals surface area contributed by atoms with Gasteiger partial charge in [-0.15, -0.1) is 0 Å². The molecular formula is C15H14FNO3. The number of nitrogens with zero attached hydrogens (tertiary/aromatic N) is 1. The van der Waals surface area contributed by atoms with Gasteiger partial charge < -0.3 is 14.4 Å². The molecule has 2 heterocycles. The number of halogens is 1. The standard InChI is InChI=1S/C15H14FNO3/c1-9-11(6-14(20-9)15(18)19)8-17-5-4-10-2-3-12(16)7-13(10)17/h2-3,6-7H,4-5,8H2,1H3,(H,18,19). The molecule has 2 aromatic rings. The second kappa shape index (κ2) is 4.67. The number of furan rings is 1. The minimum Gasteiger partial charge on any atom is -0.475 e. The van der Waals surface area contributed by atoms with Crippen molar-refractivity contribution in [1.29, 1.82) is 0 Å². The Labute approximate surface area is 115 Å². The van der Waals surface area contributed by atoms with Crippen LogP contribution in [0.4, 0.5) is 10.1 Å². The molecule has 104 valence electrons. The summed E-state index contributed by atoms with van der Waals surface area (Å²) >= 11 is 0. The summed E-state index contributed by atoms with van der Waals surface area (Å²) in [6.07, 6.45) is 0.873. The topological polar surface area (TPSA) is 53.7 Å². The van der Waals surface area contributed by atoms with Crippen LogP contribution in [0.1, 0.15) is 27.4 Å². The lowest BCUT2D eigenvalue weighted by atomic mass is 10.1. The van der Waals surface area contributed by atoms with Crippen molar-refractivity contribution in [3.63, 3.8) is 0 Å². The van der Waals surface area contributed by atoms with Gasteiger partial charge in [0, 0.05) is 24.3 Å². The predicted molar refractivity (Wildman–Crippen MR) is 71.6 cm³/mol. The highest BCUT2D eigenvalue weighted by Gasteiger charge is 2.22. The van der Waals surface area contributed by atoms with Crippen molar-refractivity contribution < 1.29 is 18.7 Å². The van der Waals surface area contributed by atoms with E-state index in [9.17, 15) is 9.18 Å². The van der Waals surface area contributed by atoms with E-state index in [4.69, 9.17) is 9.52 Å². The van der Waals surface area contributed by atoms with Crippen LogP contribution in [0.2, 0.25) is 0 Å². The number of rotatable bonds is 3. The number of carboxylic acid groups (broad SMARTS) is 1. The van der Waals surface area contributed by atoms with Gasteiger partial charge in [-0.3, -0.25) is 0 Å². The quantitative estimate of drug-likeness (QED) is 0.935. The number of benzene rings is 1. The van der Waals surface area contributed by atoms with E-state index in [0.717, 1.165) is 29.8 Å². The van der Waals surface area contributed by atoms with Crippen LogP contribution < -0.4 is 4.90 Å². The Morgan fingerprint density at radius 1 is 1.45 bits per heavy atom. The molecule has 0 amide bonds. The highest BCUT2D eigenvalue weighted by atomic mass is 19.1. The Hall–Kier alpha value is -2.30. The fourth-order valence-corrected chi connectivity index (χ4v) is 2.57. The van der Waals surface area contributed by atoms with Crippen LogP contribution in [-0.4, -0.2) is 17.6 Å². The van der Waals surface area contributed by atoms with Gasteiger partial charge in [0.25, 0.3) is 0 Å². The minimum absolute atomic E-state index is 0.0591. The van der Waals surface area contributed by atoms with Crippen LogP contribution in [0.25, 0.3) is 0 Å². The molecule has 0 saturated heterocycles. The van der Waals surface area contributed by atoms with Crippen LogP contribution in [0, 0.1) is 12.7 Å². The molecule has 20 heavy (non-hydrogen) atoms. The Kier molecular flexibility index (Phi) is 2.97. The highest BCUT2D eigenvalue weighted by molar-refractivity contribution is 5.84. The molecule has 0 unspecified atom stereocenters. The largest absolute Gasteiger partial charge is 0.475 e. The molecule has 0 aliphatic carbocycles. The van der Waals surface area contributed by atoms with Crippen LogP contribution in [0.5, 0.6) is 0 Å². The van der Waals surface area contributed by atoms with Crippen molar-refractivity contribution in [3.8, 4) is 0 Å². The lowest BCUT2D eigenvalue weighted by molar-refractivity contribution is 0.0661. The molecule has 1 aromatic carbocycles. The maximum atomic E-state index is 13.3. The number of hydrogen-bond acceptors (Lipinski definition) is 3. The zero-order valence-electron chi connectivity index (χ0n) is 11.0. The van der Waals surface area contributed by atoms with Gasteiger partial charge in [-0.05, 0) is 37.1 Å². The molecule has 1 aliphatic heterocycles. The first-order chi connectivity index (χ1) is 9.54. The lowest BCUT2D eigenvalue weighted by Crippen LogP contribution is -2.19. The number of hydrogen-bond donors (Lipinski definition) is 1. The van der Waals surface area contributed by atoms with Gasteiger partial charge in [-0.2, -0.15) is 0 Å². The number of aryl methyl sites for hydroxylation is 1. The van der Waals surface area contributed by atoms with Gasteiger partial charge in [0.15, 0.2) is 0 Å². The first kappa shape index (κ1) is 12.7.